The van der Waals surface area contributed by atoms with Crippen molar-refractivity contribution in [3.8, 4) is 0 Å². The molecule has 1 rings (SSSR count). The van der Waals surface area contributed by atoms with Crippen LogP contribution in [0.3, 0.4) is 0 Å². The Kier molecular flexibility index (Phi) is 8.35. The molecule has 0 saturated carbocycles. The third kappa shape index (κ3) is 5.03. The first kappa shape index (κ1) is 16.2. The highest BCUT2D eigenvalue weighted by Crippen LogP contribution is 2.25. The van der Waals surface area contributed by atoms with Gasteiger partial charge in [0.1, 0.15) is 5.76 Å². The van der Waals surface area contributed by atoms with Crippen molar-refractivity contribution in [2.24, 2.45) is 0 Å². The number of nitrogens with zero attached hydrogens (tertiary/aromatic N) is 1. The number of hydrogen-bond donors (Lipinski definition) is 0. The SMILES string of the molecule is C=CCCOC1=C([N+](=O)[O-])CCC(OC)=C1.CC. The molecular formula is C13H21NO4. The van der Waals surface area contributed by atoms with Crippen molar-refractivity contribution in [1.29, 1.82) is 0 Å². The fourth-order valence-corrected chi connectivity index (χ4v) is 1.39. The Balaban J connectivity index is 0.00000137. The van der Waals surface area contributed by atoms with Gasteiger partial charge in [0.05, 0.1) is 18.6 Å². The van der Waals surface area contributed by atoms with Gasteiger partial charge in [-0.05, 0) is 6.42 Å². The molecule has 0 aromatic heterocycles. The van der Waals surface area contributed by atoms with Crippen molar-refractivity contribution in [3.05, 3.63) is 46.1 Å². The molecule has 1 aliphatic carbocycles. The molecule has 1 aliphatic rings. The van der Waals surface area contributed by atoms with Crippen LogP contribution in [0.2, 0.25) is 0 Å². The summed E-state index contributed by atoms with van der Waals surface area (Å²) < 4.78 is 10.4. The van der Waals surface area contributed by atoms with Gasteiger partial charge in [0.2, 0.25) is 0 Å². The van der Waals surface area contributed by atoms with Crippen LogP contribution in [-0.4, -0.2) is 18.6 Å². The molecule has 0 fully saturated rings. The Morgan fingerprint density at radius 3 is 2.67 bits per heavy atom. The normalized spacial score (nSPS) is 14.1. The molecular weight excluding hydrogens is 234 g/mol. The lowest BCUT2D eigenvalue weighted by Crippen LogP contribution is -2.10. The van der Waals surface area contributed by atoms with E-state index in [9.17, 15) is 10.1 Å². The van der Waals surface area contributed by atoms with E-state index < -0.39 is 4.92 Å². The molecule has 0 saturated heterocycles. The lowest BCUT2D eigenvalue weighted by atomic mass is 10.1. The Hall–Kier alpha value is -1.78. The van der Waals surface area contributed by atoms with Crippen LogP contribution in [0, 0.1) is 10.1 Å². The molecule has 0 heterocycles. The van der Waals surface area contributed by atoms with Crippen LogP contribution in [0.25, 0.3) is 0 Å². The third-order valence-electron chi connectivity index (χ3n) is 2.25. The summed E-state index contributed by atoms with van der Waals surface area (Å²) in [5.41, 5.74) is 0.116. The minimum Gasteiger partial charge on any atom is -0.501 e. The average Bonchev–Trinajstić information content (AvgIpc) is 2.41. The summed E-state index contributed by atoms with van der Waals surface area (Å²) in [5, 5.41) is 10.8. The van der Waals surface area contributed by atoms with Crippen LogP contribution in [0.15, 0.2) is 35.9 Å². The molecule has 0 radical (unpaired) electrons. The molecule has 0 spiro atoms. The van der Waals surface area contributed by atoms with Gasteiger partial charge in [0.15, 0.2) is 5.76 Å². The van der Waals surface area contributed by atoms with E-state index in [4.69, 9.17) is 9.47 Å². The lowest BCUT2D eigenvalue weighted by Gasteiger charge is -2.14. The number of rotatable bonds is 6. The number of ether oxygens (including phenoxy) is 2. The van der Waals surface area contributed by atoms with Gasteiger partial charge in [0, 0.05) is 18.9 Å². The standard InChI is InChI=1S/C11H15NO4.C2H6/c1-3-4-7-16-11-8-9(15-2)5-6-10(11)12(13)14;1-2/h3,8H,1,4-7H2,2H3;1-2H3. The van der Waals surface area contributed by atoms with E-state index in [1.54, 1.807) is 19.3 Å². The van der Waals surface area contributed by atoms with Crippen LogP contribution >= 0.6 is 0 Å². The minimum absolute atomic E-state index is 0.116. The zero-order valence-corrected chi connectivity index (χ0v) is 11.3. The largest absolute Gasteiger partial charge is 0.501 e. The predicted octanol–water partition coefficient (Wildman–Crippen LogP) is 3.42. The topological polar surface area (TPSA) is 61.6 Å². The number of hydrogen-bond acceptors (Lipinski definition) is 4. The maximum absolute atomic E-state index is 10.8. The maximum Gasteiger partial charge on any atom is 0.288 e. The quantitative estimate of drug-likeness (QED) is 0.316. The van der Waals surface area contributed by atoms with Crippen LogP contribution in [0.5, 0.6) is 0 Å². The predicted molar refractivity (Wildman–Crippen MR) is 70.5 cm³/mol. The Labute approximate surface area is 108 Å². The maximum atomic E-state index is 10.8. The highest BCUT2D eigenvalue weighted by atomic mass is 16.6. The monoisotopic (exact) mass is 255 g/mol. The summed E-state index contributed by atoms with van der Waals surface area (Å²) in [4.78, 5) is 10.4. The average molecular weight is 255 g/mol. The second-order valence-corrected chi connectivity index (χ2v) is 3.31. The highest BCUT2D eigenvalue weighted by molar-refractivity contribution is 5.23. The van der Waals surface area contributed by atoms with Gasteiger partial charge < -0.3 is 9.47 Å². The van der Waals surface area contributed by atoms with Gasteiger partial charge in [-0.3, -0.25) is 10.1 Å². The summed E-state index contributed by atoms with van der Waals surface area (Å²) in [6.45, 7) is 7.95. The molecule has 0 aliphatic heterocycles. The van der Waals surface area contributed by atoms with Crippen LogP contribution in [0.1, 0.15) is 33.1 Å². The zero-order valence-electron chi connectivity index (χ0n) is 11.3. The summed E-state index contributed by atoms with van der Waals surface area (Å²) in [6, 6.07) is 0. The van der Waals surface area contributed by atoms with E-state index in [-0.39, 0.29) is 5.70 Å². The zero-order chi connectivity index (χ0) is 14.0. The van der Waals surface area contributed by atoms with E-state index in [0.29, 0.717) is 37.4 Å². The molecule has 18 heavy (non-hydrogen) atoms. The second kappa shape index (κ2) is 9.27. The van der Waals surface area contributed by atoms with Gasteiger partial charge in [-0.25, -0.2) is 0 Å². The number of nitro groups is 1. The summed E-state index contributed by atoms with van der Waals surface area (Å²) in [6.07, 6.45) is 4.84. The Morgan fingerprint density at radius 2 is 2.17 bits per heavy atom. The fourth-order valence-electron chi connectivity index (χ4n) is 1.39. The molecule has 0 aromatic carbocycles. The molecule has 0 aromatic rings. The van der Waals surface area contributed by atoms with E-state index in [2.05, 4.69) is 6.58 Å². The van der Waals surface area contributed by atoms with E-state index in [1.165, 1.54) is 0 Å². The van der Waals surface area contributed by atoms with Crippen molar-refractivity contribution >= 4 is 0 Å². The van der Waals surface area contributed by atoms with E-state index >= 15 is 0 Å². The number of allylic oxidation sites excluding steroid dienone is 3. The summed E-state index contributed by atoms with van der Waals surface area (Å²) in [5.74, 6) is 1.01. The molecule has 0 unspecified atom stereocenters. The highest BCUT2D eigenvalue weighted by Gasteiger charge is 2.24. The van der Waals surface area contributed by atoms with Crippen molar-refractivity contribution in [2.75, 3.05) is 13.7 Å². The smallest absolute Gasteiger partial charge is 0.288 e. The molecule has 0 atom stereocenters. The first-order valence-electron chi connectivity index (χ1n) is 6.04. The fraction of sp³-hybridized carbons (Fsp3) is 0.538. The molecule has 102 valence electrons. The Bertz CT molecular complexity index is 345. The van der Waals surface area contributed by atoms with Gasteiger partial charge in [0.25, 0.3) is 5.70 Å². The molecule has 5 nitrogen and oxygen atoms in total. The first-order valence-corrected chi connectivity index (χ1v) is 6.04. The lowest BCUT2D eigenvalue weighted by molar-refractivity contribution is -0.431. The van der Waals surface area contributed by atoms with Crippen LogP contribution in [-0.2, 0) is 9.47 Å². The first-order chi connectivity index (χ1) is 8.69. The Morgan fingerprint density at radius 1 is 1.50 bits per heavy atom. The third-order valence-corrected chi connectivity index (χ3v) is 2.25. The number of methoxy groups -OCH3 is 1. The van der Waals surface area contributed by atoms with Crippen LogP contribution < -0.4 is 0 Å². The van der Waals surface area contributed by atoms with Gasteiger partial charge in [-0.15, -0.1) is 6.58 Å². The van der Waals surface area contributed by atoms with Crippen molar-refractivity contribution in [3.63, 3.8) is 0 Å². The summed E-state index contributed by atoms with van der Waals surface area (Å²) in [7, 11) is 1.55. The van der Waals surface area contributed by atoms with Gasteiger partial charge >= 0.3 is 0 Å². The van der Waals surface area contributed by atoms with E-state index in [1.807, 2.05) is 13.8 Å². The van der Waals surface area contributed by atoms with E-state index in [0.717, 1.165) is 0 Å². The van der Waals surface area contributed by atoms with Gasteiger partial charge in [-0.1, -0.05) is 19.9 Å². The van der Waals surface area contributed by atoms with Gasteiger partial charge in [-0.2, -0.15) is 0 Å². The molecule has 5 heteroatoms. The van der Waals surface area contributed by atoms with Crippen molar-refractivity contribution < 1.29 is 14.4 Å². The van der Waals surface area contributed by atoms with Crippen molar-refractivity contribution in [2.45, 2.75) is 33.1 Å². The molecule has 0 N–H and O–H groups in total. The molecule has 0 amide bonds. The summed E-state index contributed by atoms with van der Waals surface area (Å²) >= 11 is 0. The van der Waals surface area contributed by atoms with Crippen molar-refractivity contribution in [1.82, 2.24) is 0 Å². The van der Waals surface area contributed by atoms with Crippen LogP contribution in [0.4, 0.5) is 0 Å². The molecule has 0 bridgehead atoms. The minimum atomic E-state index is -0.397. The second-order valence-electron chi connectivity index (χ2n) is 3.31.